The van der Waals surface area contributed by atoms with Crippen molar-refractivity contribution in [2.24, 2.45) is 29.6 Å². The number of carbonyl (C=O) groups is 4. The molecule has 0 spiro atoms. The molecule has 46 heavy (non-hydrogen) atoms. The third kappa shape index (κ3) is 13.7. The fraction of sp³-hybridized carbons (Fsp3) is 0.667. The van der Waals surface area contributed by atoms with Gasteiger partial charge in [0.25, 0.3) is 0 Å². The Labute approximate surface area is 274 Å². The number of carboxylic acids is 1. The molecule has 0 bridgehead atoms. The molecule has 0 aliphatic carbocycles. The van der Waals surface area contributed by atoms with Gasteiger partial charge in [0, 0.05) is 29.9 Å². The summed E-state index contributed by atoms with van der Waals surface area (Å²) in [7, 11) is 0. The van der Waals surface area contributed by atoms with Crippen molar-refractivity contribution in [2.45, 2.75) is 125 Å². The maximum absolute atomic E-state index is 12.9. The number of ether oxygens (including phenoxy) is 2. The van der Waals surface area contributed by atoms with Crippen LogP contribution in [-0.2, 0) is 28.7 Å². The molecule has 0 saturated carbocycles. The largest absolute Gasteiger partial charge is 0.478 e. The molecule has 260 valence electrons. The Kier molecular flexibility index (Phi) is 17.4. The van der Waals surface area contributed by atoms with E-state index < -0.39 is 60.6 Å². The summed E-state index contributed by atoms with van der Waals surface area (Å²) in [6, 6.07) is 0. The van der Waals surface area contributed by atoms with Gasteiger partial charge in [0.05, 0.1) is 30.3 Å². The number of carbonyl (C=O) groups excluding carboxylic acids is 3. The number of carboxylic acid groups (broad SMARTS) is 1. The highest BCUT2D eigenvalue weighted by Gasteiger charge is 2.34. The van der Waals surface area contributed by atoms with Crippen LogP contribution < -0.4 is 0 Å². The zero-order valence-corrected chi connectivity index (χ0v) is 28.8. The zero-order valence-electron chi connectivity index (χ0n) is 28.8. The number of Topliss-reactive ketones (excluding diaryl/α,β-unsaturated/α-hetero) is 1. The van der Waals surface area contributed by atoms with E-state index in [0.717, 1.165) is 37.3 Å². The smallest absolute Gasteiger partial charge is 0.342 e. The molecule has 0 aromatic heterocycles. The Bertz CT molecular complexity index is 1170. The van der Waals surface area contributed by atoms with Crippen molar-refractivity contribution in [3.8, 4) is 0 Å². The molecule has 2 unspecified atom stereocenters. The summed E-state index contributed by atoms with van der Waals surface area (Å²) >= 11 is 0. The normalized spacial score (nSPS) is 20.0. The molecule has 1 aliphatic heterocycles. The van der Waals surface area contributed by atoms with Crippen LogP contribution >= 0.6 is 0 Å². The minimum Gasteiger partial charge on any atom is -0.478 e. The monoisotopic (exact) mass is 648 g/mol. The molecule has 10 nitrogen and oxygen atoms in total. The third-order valence-electron chi connectivity index (χ3n) is 8.99. The molecule has 10 heteroatoms. The highest BCUT2D eigenvalue weighted by molar-refractivity contribution is 5.96. The first-order valence-electron chi connectivity index (χ1n) is 16.4. The standard InChI is InChI=1S/C36H56O10/c1-10-28(12-14-33(41)42)17-22(4)16-21(3)15-20(2)11-13-29(37)25(7)31(39)18-30(38)23(5)26(8)45-34(43)19-32(40)35-24(6)27(9)46-36(35)44/h12,14,17,20-23,25-26,29-30,32,37-38,40H,9-11,13,15-16,18-19H2,1-8H3,(H,41,42)/b14-12+,28-17?/t20-,21+,22?,23+,25-,26+,29?,30+,32+/m0/s1. The molecule has 4 N–H and O–H groups in total. The van der Waals surface area contributed by atoms with Gasteiger partial charge in [-0.15, -0.1) is 0 Å². The van der Waals surface area contributed by atoms with Gasteiger partial charge < -0.3 is 29.9 Å². The summed E-state index contributed by atoms with van der Waals surface area (Å²) in [6.07, 6.45) is 3.95. The zero-order chi connectivity index (χ0) is 35.3. The lowest BCUT2D eigenvalue weighted by Crippen LogP contribution is -2.36. The molecule has 1 rings (SSSR count). The Morgan fingerprint density at radius 3 is 2.09 bits per heavy atom. The average molecular weight is 649 g/mol. The summed E-state index contributed by atoms with van der Waals surface area (Å²) in [5.74, 6) is -2.87. The van der Waals surface area contributed by atoms with Crippen LogP contribution in [0.4, 0.5) is 0 Å². The summed E-state index contributed by atoms with van der Waals surface area (Å²) in [4.78, 5) is 48.0. The van der Waals surface area contributed by atoms with Gasteiger partial charge >= 0.3 is 17.9 Å². The molecular formula is C36H56O10. The van der Waals surface area contributed by atoms with Crippen molar-refractivity contribution in [2.75, 3.05) is 0 Å². The molecule has 0 aromatic rings. The predicted octanol–water partition coefficient (Wildman–Crippen LogP) is 5.46. The second kappa shape index (κ2) is 19.6. The first-order valence-corrected chi connectivity index (χ1v) is 16.4. The molecular weight excluding hydrogens is 592 g/mol. The molecule has 0 saturated heterocycles. The van der Waals surface area contributed by atoms with E-state index in [9.17, 15) is 34.5 Å². The van der Waals surface area contributed by atoms with E-state index in [1.807, 2.05) is 6.92 Å². The van der Waals surface area contributed by atoms with Crippen molar-refractivity contribution < 1.29 is 49.1 Å². The first-order chi connectivity index (χ1) is 21.4. The lowest BCUT2D eigenvalue weighted by molar-refractivity contribution is -0.154. The van der Waals surface area contributed by atoms with E-state index in [1.54, 1.807) is 33.8 Å². The number of hydrogen-bond acceptors (Lipinski definition) is 9. The quantitative estimate of drug-likeness (QED) is 0.0713. The van der Waals surface area contributed by atoms with Gasteiger partial charge in [-0.05, 0) is 63.7 Å². The highest BCUT2D eigenvalue weighted by Crippen LogP contribution is 2.29. The van der Waals surface area contributed by atoms with Crippen LogP contribution in [0.5, 0.6) is 0 Å². The van der Waals surface area contributed by atoms with Gasteiger partial charge in [0.15, 0.2) is 0 Å². The number of esters is 2. The van der Waals surface area contributed by atoms with E-state index in [0.29, 0.717) is 29.7 Å². The number of aliphatic hydroxyl groups excluding tert-OH is 3. The SMILES string of the molecule is C=C1OC(=O)C([C@H](O)CC(=O)O[C@H](C)[C@@H](C)[C@H](O)CC(=O)[C@@H](C)C(O)CC[C@H](C)C[C@@H](C)CC(C)C=C(/C=C/C(=O)O)CC)=C1C. The Hall–Kier alpha value is -3.08. The van der Waals surface area contributed by atoms with Gasteiger partial charge in [-0.2, -0.15) is 0 Å². The van der Waals surface area contributed by atoms with E-state index >= 15 is 0 Å². The number of aliphatic carboxylic acids is 1. The summed E-state index contributed by atoms with van der Waals surface area (Å²) in [5, 5.41) is 40.7. The van der Waals surface area contributed by atoms with Crippen molar-refractivity contribution in [1.29, 1.82) is 0 Å². The van der Waals surface area contributed by atoms with E-state index in [-0.39, 0.29) is 23.5 Å². The summed E-state index contributed by atoms with van der Waals surface area (Å²) in [5.41, 5.74) is 1.33. The van der Waals surface area contributed by atoms with E-state index in [2.05, 4.69) is 33.4 Å². The molecule has 0 fully saturated rings. The molecule has 1 aliphatic rings. The number of aliphatic hydroxyl groups is 3. The van der Waals surface area contributed by atoms with Gasteiger partial charge in [-0.3, -0.25) is 9.59 Å². The van der Waals surface area contributed by atoms with Crippen molar-refractivity contribution in [1.82, 2.24) is 0 Å². The van der Waals surface area contributed by atoms with E-state index in [4.69, 9.17) is 14.6 Å². The summed E-state index contributed by atoms with van der Waals surface area (Å²) < 4.78 is 10.2. The number of cyclic esters (lactones) is 1. The molecule has 9 atom stereocenters. The maximum Gasteiger partial charge on any atom is 0.342 e. The maximum atomic E-state index is 12.9. The van der Waals surface area contributed by atoms with Gasteiger partial charge in [-0.25, -0.2) is 9.59 Å². The number of hydrogen-bond donors (Lipinski definition) is 4. The van der Waals surface area contributed by atoms with Crippen molar-refractivity contribution >= 4 is 23.7 Å². The first kappa shape index (κ1) is 40.9. The molecule has 0 radical (unpaired) electrons. The predicted molar refractivity (Wildman–Crippen MR) is 175 cm³/mol. The highest BCUT2D eigenvalue weighted by atomic mass is 16.5. The fourth-order valence-electron chi connectivity index (χ4n) is 5.80. The third-order valence-corrected chi connectivity index (χ3v) is 8.99. The van der Waals surface area contributed by atoms with E-state index in [1.165, 1.54) is 0 Å². The average Bonchev–Trinajstić information content (AvgIpc) is 3.22. The van der Waals surface area contributed by atoms with Crippen LogP contribution in [0.25, 0.3) is 0 Å². The Morgan fingerprint density at radius 1 is 0.913 bits per heavy atom. The number of ketones is 1. The fourth-order valence-corrected chi connectivity index (χ4v) is 5.80. The lowest BCUT2D eigenvalue weighted by Gasteiger charge is -2.27. The number of allylic oxidation sites excluding steroid dienone is 4. The van der Waals surface area contributed by atoms with Gasteiger partial charge in [0.2, 0.25) is 0 Å². The second-order valence-electron chi connectivity index (χ2n) is 13.2. The van der Waals surface area contributed by atoms with Crippen LogP contribution in [0.2, 0.25) is 0 Å². The second-order valence-corrected chi connectivity index (χ2v) is 13.2. The molecule has 0 aromatic carbocycles. The van der Waals surface area contributed by atoms with Crippen LogP contribution in [-0.4, -0.2) is 68.5 Å². The lowest BCUT2D eigenvalue weighted by atomic mass is 9.84. The minimum atomic E-state index is -1.42. The van der Waals surface area contributed by atoms with Crippen LogP contribution in [0.15, 0.2) is 47.3 Å². The Balaban J connectivity index is 2.52. The van der Waals surface area contributed by atoms with Crippen LogP contribution in [0.3, 0.4) is 0 Å². The van der Waals surface area contributed by atoms with Crippen LogP contribution in [0, 0.1) is 29.6 Å². The molecule has 1 heterocycles. The van der Waals surface area contributed by atoms with Crippen LogP contribution in [0.1, 0.15) is 100 Å². The van der Waals surface area contributed by atoms with Crippen molar-refractivity contribution in [3.05, 3.63) is 47.3 Å². The Morgan fingerprint density at radius 2 is 1.54 bits per heavy atom. The minimum absolute atomic E-state index is 0.0399. The van der Waals surface area contributed by atoms with Gasteiger partial charge in [0.1, 0.15) is 17.6 Å². The summed E-state index contributed by atoms with van der Waals surface area (Å²) in [6.45, 7) is 18.5. The topological polar surface area (TPSA) is 168 Å². The van der Waals surface area contributed by atoms with Crippen molar-refractivity contribution in [3.63, 3.8) is 0 Å². The number of rotatable bonds is 21. The molecule has 0 amide bonds. The van der Waals surface area contributed by atoms with Gasteiger partial charge in [-0.1, -0.05) is 65.8 Å².